The van der Waals surface area contributed by atoms with Crippen LogP contribution in [-0.4, -0.2) is 6.18 Å². The number of alkyl halides is 3. The van der Waals surface area contributed by atoms with Crippen molar-refractivity contribution in [2.75, 3.05) is 0 Å². The highest BCUT2D eigenvalue weighted by Gasteiger charge is 2.36. The molecule has 0 unspecified atom stereocenters. The molecule has 3 heteroatoms. The van der Waals surface area contributed by atoms with Crippen LogP contribution in [0.25, 0.3) is 0 Å². The Kier molecular flexibility index (Phi) is 4.83. The van der Waals surface area contributed by atoms with Crippen molar-refractivity contribution in [3.63, 3.8) is 0 Å². The van der Waals surface area contributed by atoms with Crippen molar-refractivity contribution >= 4 is 0 Å². The maximum Gasteiger partial charge on any atom is 0.389 e. The second kappa shape index (κ2) is 5.77. The maximum absolute atomic E-state index is 12.4. The number of benzene rings is 1. The van der Waals surface area contributed by atoms with Crippen LogP contribution in [0, 0.1) is 5.41 Å². The fourth-order valence-electron chi connectivity index (χ4n) is 2.27. The first-order valence-electron chi connectivity index (χ1n) is 6.36. The van der Waals surface area contributed by atoms with Gasteiger partial charge in [-0.15, -0.1) is 0 Å². The van der Waals surface area contributed by atoms with Gasteiger partial charge in [0.2, 0.25) is 0 Å². The predicted octanol–water partition coefficient (Wildman–Crippen LogP) is 5.16. The standard InChI is InChI=1S/C15H21F3/c1-4-5-12-6-8-13(9-7-12)10-14(2,3)11-15(16,17)18/h6-9H,4-5,10-11H2,1-3H3. The summed E-state index contributed by atoms with van der Waals surface area (Å²) >= 11 is 0. The van der Waals surface area contributed by atoms with E-state index >= 15 is 0 Å². The van der Waals surface area contributed by atoms with Crippen molar-refractivity contribution in [1.29, 1.82) is 0 Å². The molecule has 0 heterocycles. The lowest BCUT2D eigenvalue weighted by molar-refractivity contribution is -0.154. The lowest BCUT2D eigenvalue weighted by Gasteiger charge is -2.26. The molecule has 0 bridgehead atoms. The zero-order chi connectivity index (χ0) is 13.8. The summed E-state index contributed by atoms with van der Waals surface area (Å²) in [7, 11) is 0. The Hall–Kier alpha value is -0.990. The Balaban J connectivity index is 2.66. The molecule has 0 aromatic heterocycles. The minimum Gasteiger partial charge on any atom is -0.171 e. The van der Waals surface area contributed by atoms with Gasteiger partial charge in [-0.1, -0.05) is 51.5 Å². The first kappa shape index (κ1) is 15.1. The van der Waals surface area contributed by atoms with Crippen LogP contribution in [0.2, 0.25) is 0 Å². The van der Waals surface area contributed by atoms with Gasteiger partial charge in [-0.2, -0.15) is 13.2 Å². The summed E-state index contributed by atoms with van der Waals surface area (Å²) in [4.78, 5) is 0. The summed E-state index contributed by atoms with van der Waals surface area (Å²) in [5, 5.41) is 0. The first-order chi connectivity index (χ1) is 8.22. The summed E-state index contributed by atoms with van der Waals surface area (Å²) in [5.74, 6) is 0. The van der Waals surface area contributed by atoms with E-state index in [-0.39, 0.29) is 0 Å². The lowest BCUT2D eigenvalue weighted by Crippen LogP contribution is -2.24. The summed E-state index contributed by atoms with van der Waals surface area (Å²) in [6.45, 7) is 5.45. The SMILES string of the molecule is CCCc1ccc(CC(C)(C)CC(F)(F)F)cc1. The highest BCUT2D eigenvalue weighted by molar-refractivity contribution is 5.23. The van der Waals surface area contributed by atoms with Crippen LogP contribution in [-0.2, 0) is 12.8 Å². The predicted molar refractivity (Wildman–Crippen MR) is 68.6 cm³/mol. The van der Waals surface area contributed by atoms with Crippen molar-refractivity contribution in [1.82, 2.24) is 0 Å². The largest absolute Gasteiger partial charge is 0.389 e. The van der Waals surface area contributed by atoms with Gasteiger partial charge in [0.1, 0.15) is 0 Å². The van der Waals surface area contributed by atoms with E-state index in [9.17, 15) is 13.2 Å². The van der Waals surface area contributed by atoms with E-state index in [0.29, 0.717) is 6.42 Å². The smallest absolute Gasteiger partial charge is 0.171 e. The molecule has 1 aromatic carbocycles. The number of rotatable bonds is 5. The molecule has 1 rings (SSSR count). The number of hydrogen-bond donors (Lipinski definition) is 0. The summed E-state index contributed by atoms with van der Waals surface area (Å²) in [6.07, 6.45) is -2.27. The highest BCUT2D eigenvalue weighted by atomic mass is 19.4. The van der Waals surface area contributed by atoms with Crippen LogP contribution >= 0.6 is 0 Å². The molecule has 0 radical (unpaired) electrons. The minimum absolute atomic E-state index is 0.457. The van der Waals surface area contributed by atoms with Crippen LogP contribution in [0.4, 0.5) is 13.2 Å². The maximum atomic E-state index is 12.4. The molecule has 0 aliphatic rings. The van der Waals surface area contributed by atoms with Crippen LogP contribution < -0.4 is 0 Å². The quantitative estimate of drug-likeness (QED) is 0.684. The monoisotopic (exact) mass is 258 g/mol. The molecule has 102 valence electrons. The Morgan fingerprint density at radius 1 is 0.944 bits per heavy atom. The molecule has 0 aliphatic carbocycles. The highest BCUT2D eigenvalue weighted by Crippen LogP contribution is 2.35. The molecule has 0 amide bonds. The van der Waals surface area contributed by atoms with E-state index in [1.165, 1.54) is 5.56 Å². The zero-order valence-corrected chi connectivity index (χ0v) is 11.3. The minimum atomic E-state index is -4.09. The molecule has 1 aromatic rings. The number of hydrogen-bond acceptors (Lipinski definition) is 0. The van der Waals surface area contributed by atoms with E-state index in [1.54, 1.807) is 13.8 Å². The Labute approximate surface area is 107 Å². The van der Waals surface area contributed by atoms with Crippen LogP contribution in [0.3, 0.4) is 0 Å². The second-order valence-electron chi connectivity index (χ2n) is 5.70. The van der Waals surface area contributed by atoms with Crippen molar-refractivity contribution in [3.05, 3.63) is 35.4 Å². The normalized spacial score (nSPS) is 12.8. The molecule has 0 nitrogen and oxygen atoms in total. The second-order valence-corrected chi connectivity index (χ2v) is 5.70. The third-order valence-corrected chi connectivity index (χ3v) is 2.92. The van der Waals surface area contributed by atoms with Crippen molar-refractivity contribution in [3.8, 4) is 0 Å². The van der Waals surface area contributed by atoms with Gasteiger partial charge in [0.15, 0.2) is 0 Å². The van der Waals surface area contributed by atoms with E-state index in [2.05, 4.69) is 6.92 Å². The third kappa shape index (κ3) is 5.56. The van der Waals surface area contributed by atoms with Crippen LogP contribution in [0.5, 0.6) is 0 Å². The van der Waals surface area contributed by atoms with Gasteiger partial charge in [0.25, 0.3) is 0 Å². The van der Waals surface area contributed by atoms with E-state index in [4.69, 9.17) is 0 Å². The van der Waals surface area contributed by atoms with Crippen LogP contribution in [0.15, 0.2) is 24.3 Å². The fraction of sp³-hybridized carbons (Fsp3) is 0.600. The lowest BCUT2D eigenvalue weighted by atomic mass is 9.82. The van der Waals surface area contributed by atoms with Gasteiger partial charge >= 0.3 is 6.18 Å². The van der Waals surface area contributed by atoms with Crippen molar-refractivity contribution < 1.29 is 13.2 Å². The average Bonchev–Trinajstić information content (AvgIpc) is 2.17. The van der Waals surface area contributed by atoms with Crippen molar-refractivity contribution in [2.24, 2.45) is 5.41 Å². The molecular weight excluding hydrogens is 237 g/mol. The molecular formula is C15H21F3. The third-order valence-electron chi connectivity index (χ3n) is 2.92. The van der Waals surface area contributed by atoms with Gasteiger partial charge in [0.05, 0.1) is 0 Å². The zero-order valence-electron chi connectivity index (χ0n) is 11.3. The Morgan fingerprint density at radius 3 is 1.89 bits per heavy atom. The fourth-order valence-corrected chi connectivity index (χ4v) is 2.27. The average molecular weight is 258 g/mol. The van der Waals surface area contributed by atoms with Gasteiger partial charge in [0, 0.05) is 6.42 Å². The molecule has 0 atom stereocenters. The van der Waals surface area contributed by atoms with Crippen molar-refractivity contribution in [2.45, 2.75) is 52.6 Å². The van der Waals surface area contributed by atoms with Gasteiger partial charge in [-0.25, -0.2) is 0 Å². The molecule has 0 saturated heterocycles. The van der Waals surface area contributed by atoms with Gasteiger partial charge < -0.3 is 0 Å². The topological polar surface area (TPSA) is 0 Å². The Bertz CT molecular complexity index is 360. The number of aryl methyl sites for hydroxylation is 1. The first-order valence-corrected chi connectivity index (χ1v) is 6.36. The molecule has 0 N–H and O–H groups in total. The van der Waals surface area contributed by atoms with Crippen LogP contribution in [0.1, 0.15) is 44.7 Å². The van der Waals surface area contributed by atoms with E-state index in [0.717, 1.165) is 18.4 Å². The molecule has 0 spiro atoms. The molecule has 0 saturated carbocycles. The van der Waals surface area contributed by atoms with E-state index in [1.807, 2.05) is 24.3 Å². The summed E-state index contributed by atoms with van der Waals surface area (Å²) < 4.78 is 37.3. The number of halogens is 3. The molecule has 18 heavy (non-hydrogen) atoms. The summed E-state index contributed by atoms with van der Waals surface area (Å²) in [5.41, 5.74) is 1.48. The van der Waals surface area contributed by atoms with Gasteiger partial charge in [-0.05, 0) is 29.4 Å². The molecule has 0 aliphatic heterocycles. The summed E-state index contributed by atoms with van der Waals surface area (Å²) in [6, 6.07) is 7.93. The Morgan fingerprint density at radius 2 is 1.44 bits per heavy atom. The van der Waals surface area contributed by atoms with E-state index < -0.39 is 18.0 Å². The molecule has 0 fully saturated rings. The van der Waals surface area contributed by atoms with Gasteiger partial charge in [-0.3, -0.25) is 0 Å².